The summed E-state index contributed by atoms with van der Waals surface area (Å²) in [5.74, 6) is 0.684. The first-order valence-electron chi connectivity index (χ1n) is 20.6. The number of fused-ring (bicyclic) bond motifs is 11. The Morgan fingerprint density at radius 3 is 1.70 bits per heavy atom. The van der Waals surface area contributed by atoms with Crippen LogP contribution in [0.1, 0.15) is 47.2 Å². The molecule has 0 saturated heterocycles. The standard InChI is InChI=1S/C56H38N2OS/c1-55(2)42-20-7-9-22-44(42)56(45-23-10-8-21-43(45)55)46-24-11-13-26-52(46)60-53-33-37(28-30-47(53)56)36-17-14-18-38(31-36)48-34-49(58-54(57-48)35-15-4-3-5-16-35)39-27-29-41-40-19-6-12-25-50(40)59-51(41)32-39/h3-34H,1-2H3. The number of nitrogens with zero attached hydrogens (tertiary/aromatic N) is 2. The Kier molecular flexibility index (Phi) is 7.73. The van der Waals surface area contributed by atoms with Gasteiger partial charge in [-0.2, -0.15) is 0 Å². The van der Waals surface area contributed by atoms with E-state index in [9.17, 15) is 0 Å². The number of rotatable bonds is 4. The fraction of sp³-hybridized carbons (Fsp3) is 0.0714. The van der Waals surface area contributed by atoms with Crippen molar-refractivity contribution in [2.75, 3.05) is 0 Å². The molecule has 0 atom stereocenters. The number of hydrogen-bond donors (Lipinski definition) is 0. The van der Waals surface area contributed by atoms with Crippen molar-refractivity contribution in [3.8, 4) is 45.0 Å². The average Bonchev–Trinajstić information content (AvgIpc) is 3.68. The smallest absolute Gasteiger partial charge is 0.160 e. The normalized spacial score (nSPS) is 14.4. The Balaban J connectivity index is 1.00. The van der Waals surface area contributed by atoms with E-state index in [1.807, 2.05) is 42.1 Å². The first-order chi connectivity index (χ1) is 29.5. The maximum absolute atomic E-state index is 6.30. The van der Waals surface area contributed by atoms with Gasteiger partial charge in [-0.05, 0) is 87.0 Å². The molecule has 10 aromatic rings. The minimum atomic E-state index is -0.448. The Labute approximate surface area is 353 Å². The number of aromatic nitrogens is 2. The molecule has 1 spiro atoms. The maximum atomic E-state index is 6.30. The first kappa shape index (κ1) is 35.0. The van der Waals surface area contributed by atoms with Gasteiger partial charge in [0.25, 0.3) is 0 Å². The lowest BCUT2D eigenvalue weighted by molar-refractivity contribution is 0.549. The highest BCUT2D eigenvalue weighted by Crippen LogP contribution is 2.61. The molecule has 0 N–H and O–H groups in total. The van der Waals surface area contributed by atoms with Gasteiger partial charge in [0.2, 0.25) is 0 Å². The highest BCUT2D eigenvalue weighted by atomic mass is 32.2. The largest absolute Gasteiger partial charge is 0.456 e. The SMILES string of the molecule is CC1(C)c2ccccc2C2(c3ccccc3Sc3cc(-c4cccc(-c5cc(-c6ccc7c(c6)oc6ccccc67)nc(-c6ccccc6)n5)c4)ccc32)c2ccccc21. The van der Waals surface area contributed by atoms with Crippen molar-refractivity contribution in [2.24, 2.45) is 0 Å². The third-order valence-corrected chi connectivity index (χ3v) is 14.0. The second-order valence-electron chi connectivity index (χ2n) is 16.5. The van der Waals surface area contributed by atoms with Gasteiger partial charge in [0.1, 0.15) is 11.2 Å². The zero-order valence-corrected chi connectivity index (χ0v) is 34.0. The van der Waals surface area contributed by atoms with E-state index in [1.54, 1.807) is 0 Å². The third-order valence-electron chi connectivity index (χ3n) is 12.8. The van der Waals surface area contributed by atoms with Crippen LogP contribution in [0.5, 0.6) is 0 Å². The molecule has 2 aliphatic rings. The summed E-state index contributed by atoms with van der Waals surface area (Å²) in [6, 6.07) is 70.1. The van der Waals surface area contributed by atoms with Gasteiger partial charge in [0, 0.05) is 42.7 Å². The van der Waals surface area contributed by atoms with E-state index in [4.69, 9.17) is 14.4 Å². The van der Waals surface area contributed by atoms with Gasteiger partial charge in [-0.25, -0.2) is 9.97 Å². The average molecular weight is 787 g/mol. The molecular weight excluding hydrogens is 749 g/mol. The van der Waals surface area contributed by atoms with Crippen molar-refractivity contribution in [3.63, 3.8) is 0 Å². The minimum absolute atomic E-state index is 0.139. The van der Waals surface area contributed by atoms with E-state index in [0.29, 0.717) is 5.82 Å². The molecule has 2 aromatic heterocycles. The predicted octanol–water partition coefficient (Wildman–Crippen LogP) is 14.5. The van der Waals surface area contributed by atoms with Crippen LogP contribution >= 0.6 is 11.8 Å². The summed E-state index contributed by atoms with van der Waals surface area (Å²) in [5, 5.41) is 2.21. The van der Waals surface area contributed by atoms with Crippen molar-refractivity contribution < 1.29 is 4.42 Å². The van der Waals surface area contributed by atoms with Crippen molar-refractivity contribution in [3.05, 3.63) is 228 Å². The number of furan rings is 1. The van der Waals surface area contributed by atoms with Gasteiger partial charge >= 0.3 is 0 Å². The lowest BCUT2D eigenvalue weighted by Crippen LogP contribution is -2.43. The highest BCUT2D eigenvalue weighted by Gasteiger charge is 2.52. The second-order valence-corrected chi connectivity index (χ2v) is 17.6. The second kappa shape index (κ2) is 13.3. The number of benzene rings is 8. The van der Waals surface area contributed by atoms with Crippen LogP contribution < -0.4 is 0 Å². The van der Waals surface area contributed by atoms with Crippen LogP contribution in [0, 0.1) is 0 Å². The third kappa shape index (κ3) is 5.17. The zero-order chi connectivity index (χ0) is 40.0. The van der Waals surface area contributed by atoms with E-state index in [-0.39, 0.29) is 5.41 Å². The van der Waals surface area contributed by atoms with Crippen LogP contribution in [-0.4, -0.2) is 9.97 Å². The summed E-state index contributed by atoms with van der Waals surface area (Å²) < 4.78 is 6.30. The molecule has 1 aliphatic heterocycles. The molecule has 4 heteroatoms. The molecule has 0 radical (unpaired) electrons. The summed E-state index contributed by atoms with van der Waals surface area (Å²) >= 11 is 1.88. The molecule has 60 heavy (non-hydrogen) atoms. The van der Waals surface area contributed by atoms with Crippen molar-refractivity contribution in [1.29, 1.82) is 0 Å². The Bertz CT molecular complexity index is 3290. The first-order valence-corrected chi connectivity index (χ1v) is 21.4. The molecule has 0 saturated carbocycles. The molecule has 3 heterocycles. The van der Waals surface area contributed by atoms with E-state index < -0.39 is 5.41 Å². The lowest BCUT2D eigenvalue weighted by atomic mass is 9.54. The molecule has 0 bridgehead atoms. The predicted molar refractivity (Wildman–Crippen MR) is 246 cm³/mol. The fourth-order valence-corrected chi connectivity index (χ4v) is 11.2. The van der Waals surface area contributed by atoms with Crippen LogP contribution in [0.4, 0.5) is 0 Å². The van der Waals surface area contributed by atoms with E-state index in [1.165, 1.54) is 48.7 Å². The fourth-order valence-electron chi connectivity index (χ4n) is 10.0. The van der Waals surface area contributed by atoms with Gasteiger partial charge in [-0.1, -0.05) is 177 Å². The monoisotopic (exact) mass is 786 g/mol. The van der Waals surface area contributed by atoms with Gasteiger partial charge in [0.05, 0.1) is 16.8 Å². The van der Waals surface area contributed by atoms with E-state index in [0.717, 1.165) is 55.6 Å². The Morgan fingerprint density at radius 2 is 0.933 bits per heavy atom. The van der Waals surface area contributed by atoms with Crippen LogP contribution in [-0.2, 0) is 10.8 Å². The molecule has 284 valence electrons. The molecule has 1 aliphatic carbocycles. The number of hydrogen-bond acceptors (Lipinski definition) is 4. The van der Waals surface area contributed by atoms with Crippen LogP contribution in [0.15, 0.2) is 208 Å². The summed E-state index contributed by atoms with van der Waals surface area (Å²) in [4.78, 5) is 12.9. The molecule has 0 amide bonds. The van der Waals surface area contributed by atoms with Gasteiger partial charge in [-0.15, -0.1) is 0 Å². The number of para-hydroxylation sites is 1. The zero-order valence-electron chi connectivity index (χ0n) is 33.2. The highest BCUT2D eigenvalue weighted by molar-refractivity contribution is 7.99. The van der Waals surface area contributed by atoms with Gasteiger partial charge < -0.3 is 4.42 Å². The van der Waals surface area contributed by atoms with E-state index in [2.05, 4.69) is 178 Å². The van der Waals surface area contributed by atoms with Crippen molar-refractivity contribution >= 4 is 33.7 Å². The van der Waals surface area contributed by atoms with Gasteiger partial charge in [-0.3, -0.25) is 0 Å². The molecule has 12 rings (SSSR count). The van der Waals surface area contributed by atoms with Crippen LogP contribution in [0.3, 0.4) is 0 Å². The lowest BCUT2D eigenvalue weighted by Gasteiger charge is -2.50. The van der Waals surface area contributed by atoms with Crippen molar-refractivity contribution in [2.45, 2.75) is 34.5 Å². The Hall–Kier alpha value is -7.01. The minimum Gasteiger partial charge on any atom is -0.456 e. The summed E-state index contributed by atoms with van der Waals surface area (Å²) in [7, 11) is 0. The molecular formula is C56H38N2OS. The summed E-state index contributed by atoms with van der Waals surface area (Å²) in [6.45, 7) is 4.75. The van der Waals surface area contributed by atoms with Gasteiger partial charge in [0.15, 0.2) is 5.82 Å². The molecule has 0 unspecified atom stereocenters. The van der Waals surface area contributed by atoms with Crippen LogP contribution in [0.25, 0.3) is 67.0 Å². The summed E-state index contributed by atoms with van der Waals surface area (Å²) in [6.07, 6.45) is 0. The maximum Gasteiger partial charge on any atom is 0.160 e. The molecule has 8 aromatic carbocycles. The molecule has 3 nitrogen and oxygen atoms in total. The van der Waals surface area contributed by atoms with Crippen LogP contribution in [0.2, 0.25) is 0 Å². The topological polar surface area (TPSA) is 38.9 Å². The quantitative estimate of drug-likeness (QED) is 0.178. The van der Waals surface area contributed by atoms with Crippen molar-refractivity contribution in [1.82, 2.24) is 9.97 Å². The summed E-state index contributed by atoms with van der Waals surface area (Å²) in [5.41, 5.74) is 16.3. The molecule has 0 fully saturated rings. The van der Waals surface area contributed by atoms with E-state index >= 15 is 0 Å². The Morgan fingerprint density at radius 1 is 0.383 bits per heavy atom.